The molecule has 0 saturated carbocycles. The van der Waals surface area contributed by atoms with Crippen molar-refractivity contribution in [3.63, 3.8) is 0 Å². The molecule has 0 aliphatic rings. The molecule has 2 aromatic rings. The first-order valence-electron chi connectivity index (χ1n) is 5.04. The van der Waals surface area contributed by atoms with Gasteiger partial charge < -0.3 is 10.8 Å². The van der Waals surface area contributed by atoms with Gasteiger partial charge in [-0.2, -0.15) is 0 Å². The predicted molar refractivity (Wildman–Crippen MR) is 65.1 cm³/mol. The standard InChI is InChI=1S/C12H15NOS/c1-12(14,6-7-13)10-4-2-3-9-5-8-15-11(9)10/h2-5,8,14H,6-7,13H2,1H3. The number of benzene rings is 1. The van der Waals surface area contributed by atoms with E-state index in [1.807, 2.05) is 24.4 Å². The molecule has 0 aliphatic carbocycles. The van der Waals surface area contributed by atoms with E-state index in [-0.39, 0.29) is 0 Å². The van der Waals surface area contributed by atoms with Gasteiger partial charge in [0.2, 0.25) is 0 Å². The summed E-state index contributed by atoms with van der Waals surface area (Å²) in [5.41, 5.74) is 5.68. The minimum atomic E-state index is -0.820. The van der Waals surface area contributed by atoms with Gasteiger partial charge in [-0.05, 0) is 36.7 Å². The average Bonchev–Trinajstić information content (AvgIpc) is 2.64. The van der Waals surface area contributed by atoms with Crippen molar-refractivity contribution in [2.24, 2.45) is 5.73 Å². The zero-order chi connectivity index (χ0) is 10.9. The molecule has 0 amide bonds. The zero-order valence-corrected chi connectivity index (χ0v) is 9.55. The van der Waals surface area contributed by atoms with Crippen molar-refractivity contribution in [3.05, 3.63) is 35.2 Å². The first-order chi connectivity index (χ1) is 7.15. The van der Waals surface area contributed by atoms with Crippen molar-refractivity contribution in [2.45, 2.75) is 18.9 Å². The number of nitrogens with two attached hydrogens (primary N) is 1. The minimum absolute atomic E-state index is 0.495. The second kappa shape index (κ2) is 3.93. The Morgan fingerprint density at radius 3 is 2.93 bits per heavy atom. The fourth-order valence-electron chi connectivity index (χ4n) is 1.83. The summed E-state index contributed by atoms with van der Waals surface area (Å²) < 4.78 is 1.16. The van der Waals surface area contributed by atoms with E-state index in [1.54, 1.807) is 11.3 Å². The molecule has 80 valence electrons. The highest BCUT2D eigenvalue weighted by atomic mass is 32.1. The zero-order valence-electron chi connectivity index (χ0n) is 8.73. The van der Waals surface area contributed by atoms with E-state index in [1.165, 1.54) is 5.39 Å². The summed E-state index contributed by atoms with van der Waals surface area (Å²) in [5, 5.41) is 13.6. The van der Waals surface area contributed by atoms with Crippen LogP contribution >= 0.6 is 11.3 Å². The van der Waals surface area contributed by atoms with Crippen LogP contribution in [0.25, 0.3) is 10.1 Å². The molecule has 2 nitrogen and oxygen atoms in total. The molecule has 0 radical (unpaired) electrons. The molecule has 3 N–H and O–H groups in total. The van der Waals surface area contributed by atoms with Crippen molar-refractivity contribution in [2.75, 3.05) is 6.54 Å². The van der Waals surface area contributed by atoms with Crippen LogP contribution in [0, 0.1) is 0 Å². The number of hydrogen-bond acceptors (Lipinski definition) is 3. The fraction of sp³-hybridized carbons (Fsp3) is 0.333. The molecule has 15 heavy (non-hydrogen) atoms. The van der Waals surface area contributed by atoms with E-state index < -0.39 is 5.60 Å². The van der Waals surface area contributed by atoms with Gasteiger partial charge in [0.05, 0.1) is 5.60 Å². The lowest BCUT2D eigenvalue weighted by atomic mass is 9.92. The van der Waals surface area contributed by atoms with Crippen LogP contribution in [0.15, 0.2) is 29.6 Å². The van der Waals surface area contributed by atoms with Crippen molar-refractivity contribution < 1.29 is 5.11 Å². The fourth-order valence-corrected chi connectivity index (χ4v) is 2.87. The maximum Gasteiger partial charge on any atom is 0.0894 e. The Balaban J connectivity index is 2.55. The Labute approximate surface area is 93.3 Å². The second-order valence-corrected chi connectivity index (χ2v) is 4.87. The highest BCUT2D eigenvalue weighted by molar-refractivity contribution is 7.17. The Morgan fingerprint density at radius 1 is 1.40 bits per heavy atom. The predicted octanol–water partition coefficient (Wildman–Crippen LogP) is 2.46. The summed E-state index contributed by atoms with van der Waals surface area (Å²) in [6, 6.07) is 8.10. The van der Waals surface area contributed by atoms with Crippen LogP contribution in [0.4, 0.5) is 0 Å². The normalized spacial score (nSPS) is 15.4. The van der Waals surface area contributed by atoms with Gasteiger partial charge in [0.25, 0.3) is 0 Å². The maximum atomic E-state index is 10.3. The van der Waals surface area contributed by atoms with E-state index in [2.05, 4.69) is 12.1 Å². The topological polar surface area (TPSA) is 46.2 Å². The maximum absolute atomic E-state index is 10.3. The Hall–Kier alpha value is -0.900. The molecule has 1 aromatic heterocycles. The van der Waals surface area contributed by atoms with Crippen LogP contribution in [0.5, 0.6) is 0 Å². The lowest BCUT2D eigenvalue weighted by molar-refractivity contribution is 0.0521. The molecule has 1 atom stereocenters. The molecule has 0 aliphatic heterocycles. The van der Waals surface area contributed by atoms with Gasteiger partial charge in [-0.25, -0.2) is 0 Å². The third kappa shape index (κ3) is 1.91. The van der Waals surface area contributed by atoms with E-state index in [4.69, 9.17) is 5.73 Å². The summed E-state index contributed by atoms with van der Waals surface area (Å²) in [7, 11) is 0. The van der Waals surface area contributed by atoms with Crippen LogP contribution in [0.3, 0.4) is 0 Å². The van der Waals surface area contributed by atoms with Gasteiger partial charge in [0.15, 0.2) is 0 Å². The van der Waals surface area contributed by atoms with Gasteiger partial charge in [-0.1, -0.05) is 18.2 Å². The van der Waals surface area contributed by atoms with Crippen molar-refractivity contribution in [1.29, 1.82) is 0 Å². The Bertz CT molecular complexity index is 461. The molecule has 3 heteroatoms. The minimum Gasteiger partial charge on any atom is -0.385 e. The van der Waals surface area contributed by atoms with Gasteiger partial charge in [-0.3, -0.25) is 0 Å². The first-order valence-corrected chi connectivity index (χ1v) is 5.92. The van der Waals surface area contributed by atoms with Crippen LogP contribution in [0.1, 0.15) is 18.9 Å². The van der Waals surface area contributed by atoms with E-state index in [0.29, 0.717) is 13.0 Å². The quantitative estimate of drug-likeness (QED) is 0.836. The van der Waals surface area contributed by atoms with Crippen molar-refractivity contribution >= 4 is 21.4 Å². The van der Waals surface area contributed by atoms with Gasteiger partial charge in [-0.15, -0.1) is 11.3 Å². The molecule has 1 aromatic carbocycles. The van der Waals surface area contributed by atoms with E-state index in [9.17, 15) is 5.11 Å². The lowest BCUT2D eigenvalue weighted by Crippen LogP contribution is -2.24. The highest BCUT2D eigenvalue weighted by Gasteiger charge is 2.24. The number of fused-ring (bicyclic) bond motifs is 1. The molecule has 0 fully saturated rings. The molecule has 1 unspecified atom stereocenters. The summed E-state index contributed by atoms with van der Waals surface area (Å²) in [6.45, 7) is 2.32. The van der Waals surface area contributed by atoms with E-state index in [0.717, 1.165) is 10.3 Å². The Morgan fingerprint density at radius 2 is 2.20 bits per heavy atom. The third-order valence-corrected chi connectivity index (χ3v) is 3.65. The molecular weight excluding hydrogens is 206 g/mol. The van der Waals surface area contributed by atoms with Gasteiger partial charge in [0, 0.05) is 10.3 Å². The van der Waals surface area contributed by atoms with Crippen LogP contribution < -0.4 is 5.73 Å². The summed E-state index contributed by atoms with van der Waals surface area (Å²) >= 11 is 1.67. The molecule has 0 bridgehead atoms. The molecule has 0 spiro atoms. The largest absolute Gasteiger partial charge is 0.385 e. The number of rotatable bonds is 3. The first kappa shape index (κ1) is 10.6. The summed E-state index contributed by atoms with van der Waals surface area (Å²) in [6.07, 6.45) is 0.587. The van der Waals surface area contributed by atoms with Crippen LogP contribution in [0.2, 0.25) is 0 Å². The Kier molecular flexibility index (Phi) is 2.78. The molecular formula is C12H15NOS. The van der Waals surface area contributed by atoms with Crippen LogP contribution in [-0.4, -0.2) is 11.7 Å². The van der Waals surface area contributed by atoms with Crippen molar-refractivity contribution in [3.8, 4) is 0 Å². The lowest BCUT2D eigenvalue weighted by Gasteiger charge is -2.23. The monoisotopic (exact) mass is 221 g/mol. The molecule has 0 saturated heterocycles. The van der Waals surface area contributed by atoms with Crippen LogP contribution in [-0.2, 0) is 5.60 Å². The van der Waals surface area contributed by atoms with Gasteiger partial charge >= 0.3 is 0 Å². The molecule has 1 heterocycles. The highest BCUT2D eigenvalue weighted by Crippen LogP contribution is 2.33. The number of thiophene rings is 1. The van der Waals surface area contributed by atoms with Crippen molar-refractivity contribution in [1.82, 2.24) is 0 Å². The third-order valence-electron chi connectivity index (χ3n) is 2.69. The smallest absolute Gasteiger partial charge is 0.0894 e. The number of hydrogen-bond donors (Lipinski definition) is 2. The van der Waals surface area contributed by atoms with E-state index >= 15 is 0 Å². The molecule has 2 rings (SSSR count). The summed E-state index contributed by atoms with van der Waals surface area (Å²) in [4.78, 5) is 0. The second-order valence-electron chi connectivity index (χ2n) is 3.96. The average molecular weight is 221 g/mol. The summed E-state index contributed by atoms with van der Waals surface area (Å²) in [5.74, 6) is 0. The SMILES string of the molecule is CC(O)(CCN)c1cccc2ccsc12. The number of aliphatic hydroxyl groups is 1. The van der Waals surface area contributed by atoms with Gasteiger partial charge in [0.1, 0.15) is 0 Å².